The zero-order chi connectivity index (χ0) is 15.8. The number of hydrogen-bond acceptors (Lipinski definition) is 3. The number of alkyl halides is 1. The second-order valence-electron chi connectivity index (χ2n) is 5.99. The molecule has 0 bridgehead atoms. The Balaban J connectivity index is 1.64. The normalized spacial score (nSPS) is 20.5. The second-order valence-corrected chi connectivity index (χ2v) is 7.23. The van der Waals surface area contributed by atoms with Crippen LogP contribution in [0.2, 0.25) is 0 Å². The zero-order valence-corrected chi connectivity index (χ0v) is 13.5. The molecule has 5 heteroatoms. The predicted molar refractivity (Wildman–Crippen MR) is 94.1 cm³/mol. The highest BCUT2D eigenvalue weighted by Gasteiger charge is 2.25. The van der Waals surface area contributed by atoms with Crippen LogP contribution in [0.4, 0.5) is 4.39 Å². The van der Waals surface area contributed by atoms with E-state index >= 15 is 0 Å². The van der Waals surface area contributed by atoms with E-state index in [0.717, 1.165) is 11.0 Å². The van der Waals surface area contributed by atoms with Crippen LogP contribution >= 0.6 is 11.9 Å². The van der Waals surface area contributed by atoms with Crippen LogP contribution < -0.4 is 0 Å². The van der Waals surface area contributed by atoms with Crippen LogP contribution in [0.5, 0.6) is 0 Å². The molecule has 2 aromatic carbocycles. The van der Waals surface area contributed by atoms with Gasteiger partial charge in [0.15, 0.2) is 5.50 Å². The molecule has 2 heterocycles. The Morgan fingerprint density at radius 3 is 2.22 bits per heavy atom. The van der Waals surface area contributed by atoms with Gasteiger partial charge >= 0.3 is 0 Å². The van der Waals surface area contributed by atoms with E-state index in [1.54, 1.807) is 0 Å². The lowest BCUT2D eigenvalue weighted by molar-refractivity contribution is 0.135. The van der Waals surface area contributed by atoms with Crippen molar-refractivity contribution in [1.82, 2.24) is 8.87 Å². The van der Waals surface area contributed by atoms with Crippen molar-refractivity contribution in [3.05, 3.63) is 48.5 Å². The van der Waals surface area contributed by atoms with Gasteiger partial charge in [-0.3, -0.25) is 0 Å². The number of fused-ring (bicyclic) bond motifs is 3. The number of aromatic nitrogens is 1. The summed E-state index contributed by atoms with van der Waals surface area (Å²) < 4.78 is 17.4. The van der Waals surface area contributed by atoms with Gasteiger partial charge in [-0.1, -0.05) is 36.4 Å². The minimum absolute atomic E-state index is 0.492. The van der Waals surface area contributed by atoms with Crippen molar-refractivity contribution in [2.24, 2.45) is 0 Å². The van der Waals surface area contributed by atoms with Gasteiger partial charge in [-0.2, -0.15) is 0 Å². The molecule has 1 fully saturated rings. The summed E-state index contributed by atoms with van der Waals surface area (Å²) in [7, 11) is 0. The summed E-state index contributed by atoms with van der Waals surface area (Å²) in [5.41, 5.74) is 1.44. The van der Waals surface area contributed by atoms with E-state index in [1.807, 2.05) is 28.6 Å². The summed E-state index contributed by atoms with van der Waals surface area (Å²) in [5, 5.41) is 12.9. The average molecular weight is 330 g/mol. The molecule has 2 atom stereocenters. The molecule has 1 aliphatic rings. The maximum atomic E-state index is 13.3. The molecular weight excluding hydrogens is 311 g/mol. The number of rotatable bonds is 4. The maximum absolute atomic E-state index is 13.3. The third-order valence-electron chi connectivity index (χ3n) is 4.36. The summed E-state index contributed by atoms with van der Waals surface area (Å²) in [6.45, 7) is 1.71. The number of halogens is 1. The van der Waals surface area contributed by atoms with Crippen molar-refractivity contribution in [2.75, 3.05) is 13.1 Å². The summed E-state index contributed by atoms with van der Waals surface area (Å²) >= 11 is 1.21. The van der Waals surface area contributed by atoms with E-state index in [4.69, 9.17) is 0 Å². The average Bonchev–Trinajstić information content (AvgIpc) is 3.10. The van der Waals surface area contributed by atoms with Gasteiger partial charge in [0.1, 0.15) is 0 Å². The zero-order valence-electron chi connectivity index (χ0n) is 12.7. The summed E-state index contributed by atoms with van der Waals surface area (Å²) in [6, 6.07) is 16.5. The van der Waals surface area contributed by atoms with E-state index in [9.17, 15) is 9.50 Å². The number of para-hydroxylation sites is 2. The van der Waals surface area contributed by atoms with E-state index in [2.05, 4.69) is 28.8 Å². The lowest BCUT2D eigenvalue weighted by Gasteiger charge is -2.19. The Labute approximate surface area is 138 Å². The Morgan fingerprint density at radius 2 is 1.65 bits per heavy atom. The molecule has 3 aromatic rings. The summed E-state index contributed by atoms with van der Waals surface area (Å²) in [4.78, 5) is 0. The number of aliphatic hydroxyl groups is 1. The fourth-order valence-corrected chi connectivity index (χ4v) is 4.35. The van der Waals surface area contributed by atoms with Crippen molar-refractivity contribution in [3.8, 4) is 0 Å². The fraction of sp³-hybridized carbons (Fsp3) is 0.333. The summed E-state index contributed by atoms with van der Waals surface area (Å²) in [5.74, 6) is 0. The first-order valence-corrected chi connectivity index (χ1v) is 8.76. The molecule has 0 radical (unpaired) electrons. The molecule has 1 N–H and O–H groups in total. The van der Waals surface area contributed by atoms with Crippen molar-refractivity contribution in [1.29, 1.82) is 0 Å². The van der Waals surface area contributed by atoms with Gasteiger partial charge in [-0.25, -0.2) is 8.70 Å². The standard InChI is InChI=1S/C18H19FN2OS/c19-18-9-10-20(23-18)11-13(22)12-21-16-7-3-1-5-14(16)15-6-2-4-8-17(15)21/h1-8,13,18,22H,9-12H2. The van der Waals surface area contributed by atoms with Crippen molar-refractivity contribution in [2.45, 2.75) is 24.6 Å². The highest BCUT2D eigenvalue weighted by atomic mass is 32.2. The second kappa shape index (κ2) is 6.15. The number of β-amino-alcohol motifs (C(OH)–C–C–N with tert-alkyl or cyclic N) is 1. The SMILES string of the molecule is OC(CN1CCC(F)S1)Cn1c2ccccc2c2ccccc21. The fourth-order valence-electron chi connectivity index (χ4n) is 3.35. The molecule has 2 unspecified atom stereocenters. The first-order valence-electron chi connectivity index (χ1n) is 7.92. The number of nitrogens with zero attached hydrogens (tertiary/aromatic N) is 2. The molecule has 0 amide bonds. The third-order valence-corrected chi connectivity index (χ3v) is 5.45. The van der Waals surface area contributed by atoms with Crippen molar-refractivity contribution < 1.29 is 9.50 Å². The highest BCUT2D eigenvalue weighted by molar-refractivity contribution is 7.97. The van der Waals surface area contributed by atoms with Crippen LogP contribution in [0.1, 0.15) is 6.42 Å². The first-order chi connectivity index (χ1) is 11.2. The van der Waals surface area contributed by atoms with E-state index in [-0.39, 0.29) is 0 Å². The molecule has 1 aromatic heterocycles. The molecule has 120 valence electrons. The van der Waals surface area contributed by atoms with Crippen molar-refractivity contribution >= 4 is 33.8 Å². The smallest absolute Gasteiger partial charge is 0.161 e. The first kappa shape index (κ1) is 15.0. The van der Waals surface area contributed by atoms with E-state index in [1.165, 1.54) is 22.7 Å². The number of benzene rings is 2. The Morgan fingerprint density at radius 1 is 1.04 bits per heavy atom. The molecule has 3 nitrogen and oxygen atoms in total. The molecule has 0 spiro atoms. The van der Waals surface area contributed by atoms with Crippen molar-refractivity contribution in [3.63, 3.8) is 0 Å². The maximum Gasteiger partial charge on any atom is 0.161 e. The molecular formula is C18H19FN2OS. The molecule has 23 heavy (non-hydrogen) atoms. The largest absolute Gasteiger partial charge is 0.390 e. The molecule has 0 saturated carbocycles. The summed E-state index contributed by atoms with van der Waals surface area (Å²) in [6.07, 6.45) is 0.0271. The minimum Gasteiger partial charge on any atom is -0.390 e. The number of aliphatic hydroxyl groups excluding tert-OH is 1. The van der Waals surface area contributed by atoms with Gasteiger partial charge in [-0.05, 0) is 24.1 Å². The van der Waals surface area contributed by atoms with Crippen LogP contribution in [0.3, 0.4) is 0 Å². The molecule has 1 aliphatic heterocycles. The van der Waals surface area contributed by atoms with Crippen LogP contribution in [0.15, 0.2) is 48.5 Å². The van der Waals surface area contributed by atoms with Gasteiger partial charge in [-0.15, -0.1) is 0 Å². The van der Waals surface area contributed by atoms with Gasteiger partial charge in [0.05, 0.1) is 12.6 Å². The van der Waals surface area contributed by atoms with Crippen LogP contribution in [0, 0.1) is 0 Å². The topological polar surface area (TPSA) is 28.4 Å². The Kier molecular flexibility index (Phi) is 4.01. The Hall–Kier alpha value is -1.56. The van der Waals surface area contributed by atoms with Crippen LogP contribution in [-0.2, 0) is 6.54 Å². The van der Waals surface area contributed by atoms with Gasteiger partial charge in [0.25, 0.3) is 0 Å². The lowest BCUT2D eigenvalue weighted by Crippen LogP contribution is -2.29. The van der Waals surface area contributed by atoms with Gasteiger partial charge in [0.2, 0.25) is 0 Å². The van der Waals surface area contributed by atoms with Gasteiger partial charge < -0.3 is 9.67 Å². The molecule has 1 saturated heterocycles. The monoisotopic (exact) mass is 330 g/mol. The third kappa shape index (κ3) is 2.84. The highest BCUT2D eigenvalue weighted by Crippen LogP contribution is 2.31. The minimum atomic E-state index is -0.824. The molecule has 4 rings (SSSR count). The van der Waals surface area contributed by atoms with E-state index in [0.29, 0.717) is 26.1 Å². The lowest BCUT2D eigenvalue weighted by atomic mass is 10.2. The number of hydrogen-bond donors (Lipinski definition) is 1. The van der Waals surface area contributed by atoms with Crippen LogP contribution in [-0.4, -0.2) is 38.7 Å². The molecule has 0 aliphatic carbocycles. The quantitative estimate of drug-likeness (QED) is 0.738. The van der Waals surface area contributed by atoms with E-state index < -0.39 is 11.6 Å². The van der Waals surface area contributed by atoms with Gasteiger partial charge in [0, 0.05) is 41.3 Å². The van der Waals surface area contributed by atoms with Crippen LogP contribution in [0.25, 0.3) is 21.8 Å². The predicted octanol–water partition coefficient (Wildman–Crippen LogP) is 3.80. The Bertz CT molecular complexity index is 781.